The van der Waals surface area contributed by atoms with Crippen LogP contribution in [-0.4, -0.2) is 24.4 Å². The van der Waals surface area contributed by atoms with Gasteiger partial charge in [-0.25, -0.2) is 0 Å². The summed E-state index contributed by atoms with van der Waals surface area (Å²) in [5, 5.41) is 6.45. The lowest BCUT2D eigenvalue weighted by molar-refractivity contribution is -0.124. The smallest absolute Gasteiger partial charge is 0.248 e. The van der Waals surface area contributed by atoms with Gasteiger partial charge in [-0.2, -0.15) is 0 Å². The molecule has 2 rings (SSSR count). The summed E-state index contributed by atoms with van der Waals surface area (Å²) in [7, 11) is 0. The van der Waals surface area contributed by atoms with Crippen LogP contribution in [0.5, 0.6) is 0 Å². The zero-order valence-corrected chi connectivity index (χ0v) is 11.2. The number of halogens is 1. The maximum absolute atomic E-state index is 11.6. The Kier molecular flexibility index (Phi) is 4.39. The molecule has 1 aliphatic rings. The number of primary amides is 1. The monoisotopic (exact) mass is 281 g/mol. The highest BCUT2D eigenvalue weighted by molar-refractivity contribution is 6.31. The van der Waals surface area contributed by atoms with Gasteiger partial charge in [-0.3, -0.25) is 9.59 Å². The van der Waals surface area contributed by atoms with Crippen molar-refractivity contribution in [1.29, 1.82) is 0 Å². The molecule has 0 radical (unpaired) electrons. The van der Waals surface area contributed by atoms with Gasteiger partial charge in [-0.05, 0) is 30.5 Å². The first-order chi connectivity index (χ1) is 9.08. The highest BCUT2D eigenvalue weighted by Crippen LogP contribution is 2.18. The zero-order chi connectivity index (χ0) is 13.8. The summed E-state index contributed by atoms with van der Waals surface area (Å²) in [6.45, 7) is 1.22. The van der Waals surface area contributed by atoms with Crippen molar-refractivity contribution in [3.63, 3.8) is 0 Å². The van der Waals surface area contributed by atoms with Gasteiger partial charge in [0.15, 0.2) is 0 Å². The van der Waals surface area contributed by atoms with E-state index < -0.39 is 5.91 Å². The van der Waals surface area contributed by atoms with E-state index in [0.717, 1.165) is 24.9 Å². The summed E-state index contributed by atoms with van der Waals surface area (Å²) in [5.41, 5.74) is 6.39. The van der Waals surface area contributed by atoms with E-state index in [0.29, 0.717) is 17.1 Å². The molecule has 19 heavy (non-hydrogen) atoms. The second-order valence-corrected chi connectivity index (χ2v) is 4.94. The maximum atomic E-state index is 11.6. The molecule has 0 bridgehead atoms. The van der Waals surface area contributed by atoms with Crippen LogP contribution in [0.1, 0.15) is 28.8 Å². The van der Waals surface area contributed by atoms with Gasteiger partial charge in [0.05, 0.1) is 6.04 Å². The predicted molar refractivity (Wildman–Crippen MR) is 72.8 cm³/mol. The first-order valence-electron chi connectivity index (χ1n) is 6.17. The molecule has 1 aliphatic heterocycles. The molecule has 0 aromatic heterocycles. The lowest BCUT2D eigenvalue weighted by atomic mass is 10.1. The lowest BCUT2D eigenvalue weighted by Gasteiger charge is -2.23. The average Bonchev–Trinajstić information content (AvgIpc) is 2.39. The molecule has 0 spiro atoms. The average molecular weight is 282 g/mol. The highest BCUT2D eigenvalue weighted by atomic mass is 35.5. The van der Waals surface area contributed by atoms with Crippen molar-refractivity contribution in [3.05, 3.63) is 34.3 Å². The van der Waals surface area contributed by atoms with Crippen molar-refractivity contribution in [2.45, 2.75) is 25.4 Å². The Hall–Kier alpha value is -1.59. The molecule has 5 nitrogen and oxygen atoms in total. The molecular formula is C13H16ClN3O2. The summed E-state index contributed by atoms with van der Waals surface area (Å²) >= 11 is 6.08. The summed E-state index contributed by atoms with van der Waals surface area (Å²) in [6.07, 6.45) is 1.79. The molecule has 1 saturated heterocycles. The van der Waals surface area contributed by atoms with Gasteiger partial charge in [0.25, 0.3) is 0 Å². The number of rotatable bonds is 4. The van der Waals surface area contributed by atoms with Crippen LogP contribution in [-0.2, 0) is 11.3 Å². The molecule has 1 unspecified atom stereocenters. The number of carbonyl (C=O) groups excluding carboxylic acids is 2. The second-order valence-electron chi connectivity index (χ2n) is 4.54. The summed E-state index contributed by atoms with van der Waals surface area (Å²) in [5.74, 6) is -0.482. The third-order valence-electron chi connectivity index (χ3n) is 3.16. The van der Waals surface area contributed by atoms with Crippen molar-refractivity contribution in [1.82, 2.24) is 10.6 Å². The number of hydrogen-bond donors (Lipinski definition) is 3. The molecule has 1 aromatic carbocycles. The molecule has 102 valence electrons. The van der Waals surface area contributed by atoms with Crippen molar-refractivity contribution in [2.75, 3.05) is 6.54 Å². The fourth-order valence-electron chi connectivity index (χ4n) is 2.04. The van der Waals surface area contributed by atoms with Gasteiger partial charge in [-0.1, -0.05) is 17.7 Å². The number of hydrogen-bond acceptors (Lipinski definition) is 3. The summed E-state index contributed by atoms with van der Waals surface area (Å²) in [6, 6.07) is 4.74. The van der Waals surface area contributed by atoms with E-state index in [1.807, 2.05) is 0 Å². The molecule has 1 atom stereocenters. The number of benzene rings is 1. The second kappa shape index (κ2) is 6.04. The lowest BCUT2D eigenvalue weighted by Crippen LogP contribution is -2.47. The fourth-order valence-corrected chi connectivity index (χ4v) is 2.29. The molecule has 1 fully saturated rings. The van der Waals surface area contributed by atoms with Gasteiger partial charge >= 0.3 is 0 Å². The van der Waals surface area contributed by atoms with Gasteiger partial charge < -0.3 is 16.4 Å². The van der Waals surface area contributed by atoms with E-state index in [2.05, 4.69) is 10.6 Å². The van der Waals surface area contributed by atoms with E-state index in [-0.39, 0.29) is 11.9 Å². The SMILES string of the molecule is NC(=O)c1ccc(CNC2CCCNC2=O)c(Cl)c1. The quantitative estimate of drug-likeness (QED) is 0.763. The van der Waals surface area contributed by atoms with E-state index in [9.17, 15) is 9.59 Å². The van der Waals surface area contributed by atoms with Gasteiger partial charge in [0.2, 0.25) is 11.8 Å². The van der Waals surface area contributed by atoms with Crippen LogP contribution in [0.15, 0.2) is 18.2 Å². The summed E-state index contributed by atoms with van der Waals surface area (Å²) in [4.78, 5) is 22.6. The highest BCUT2D eigenvalue weighted by Gasteiger charge is 2.21. The Labute approximate surface area is 116 Å². The van der Waals surface area contributed by atoms with E-state index in [1.54, 1.807) is 18.2 Å². The molecule has 1 heterocycles. The van der Waals surface area contributed by atoms with Gasteiger partial charge in [-0.15, -0.1) is 0 Å². The van der Waals surface area contributed by atoms with Crippen LogP contribution in [0.4, 0.5) is 0 Å². The van der Waals surface area contributed by atoms with Crippen LogP contribution in [0.3, 0.4) is 0 Å². The molecule has 2 amide bonds. The van der Waals surface area contributed by atoms with Crippen molar-refractivity contribution in [2.24, 2.45) is 5.73 Å². The molecule has 0 aliphatic carbocycles. The standard InChI is InChI=1S/C13H16ClN3O2/c14-10-6-8(12(15)18)3-4-9(10)7-17-11-2-1-5-16-13(11)19/h3-4,6,11,17H,1-2,5,7H2,(H2,15,18)(H,16,19). The molecular weight excluding hydrogens is 266 g/mol. The van der Waals surface area contributed by atoms with E-state index in [4.69, 9.17) is 17.3 Å². The minimum Gasteiger partial charge on any atom is -0.366 e. The molecule has 0 saturated carbocycles. The Morgan fingerprint density at radius 2 is 2.32 bits per heavy atom. The third-order valence-corrected chi connectivity index (χ3v) is 3.51. The number of carbonyl (C=O) groups is 2. The van der Waals surface area contributed by atoms with Crippen molar-refractivity contribution in [3.8, 4) is 0 Å². The number of amides is 2. The predicted octanol–water partition coefficient (Wildman–Crippen LogP) is 0.807. The van der Waals surface area contributed by atoms with Crippen molar-refractivity contribution >= 4 is 23.4 Å². The van der Waals surface area contributed by atoms with Crippen LogP contribution < -0.4 is 16.4 Å². The van der Waals surface area contributed by atoms with Crippen LogP contribution in [0, 0.1) is 0 Å². The Balaban J connectivity index is 1.99. The Bertz CT molecular complexity index is 505. The number of piperidine rings is 1. The summed E-state index contributed by atoms with van der Waals surface area (Å²) < 4.78 is 0. The Morgan fingerprint density at radius 3 is 2.95 bits per heavy atom. The number of nitrogens with one attached hydrogen (secondary N) is 2. The maximum Gasteiger partial charge on any atom is 0.248 e. The van der Waals surface area contributed by atoms with E-state index >= 15 is 0 Å². The third kappa shape index (κ3) is 3.45. The Morgan fingerprint density at radius 1 is 1.53 bits per heavy atom. The van der Waals surface area contributed by atoms with Crippen molar-refractivity contribution < 1.29 is 9.59 Å². The minimum atomic E-state index is -0.506. The van der Waals surface area contributed by atoms with E-state index in [1.165, 1.54) is 0 Å². The van der Waals surface area contributed by atoms with Crippen LogP contribution >= 0.6 is 11.6 Å². The van der Waals surface area contributed by atoms with Gasteiger partial charge in [0, 0.05) is 23.7 Å². The largest absolute Gasteiger partial charge is 0.366 e. The molecule has 4 N–H and O–H groups in total. The minimum absolute atomic E-state index is 0.0242. The number of nitrogens with two attached hydrogens (primary N) is 1. The topological polar surface area (TPSA) is 84.2 Å². The van der Waals surface area contributed by atoms with Gasteiger partial charge in [0.1, 0.15) is 0 Å². The van der Waals surface area contributed by atoms with Crippen LogP contribution in [0.25, 0.3) is 0 Å². The van der Waals surface area contributed by atoms with Crippen LogP contribution in [0.2, 0.25) is 5.02 Å². The zero-order valence-electron chi connectivity index (χ0n) is 10.4. The normalized spacial score (nSPS) is 19.0. The fraction of sp³-hybridized carbons (Fsp3) is 0.385. The first kappa shape index (κ1) is 13.8. The molecule has 6 heteroatoms. The molecule has 1 aromatic rings. The first-order valence-corrected chi connectivity index (χ1v) is 6.55.